The first kappa shape index (κ1) is 37.1. The molecule has 2 aliphatic carbocycles. The van der Waals surface area contributed by atoms with Crippen LogP contribution in [0.3, 0.4) is 0 Å². The fourth-order valence-corrected chi connectivity index (χ4v) is 8.91. The molecule has 2 aromatic carbocycles. The van der Waals surface area contributed by atoms with Gasteiger partial charge in [-0.15, -0.1) is 0 Å². The summed E-state index contributed by atoms with van der Waals surface area (Å²) in [5, 5.41) is 14.4. The molecule has 8 atom stereocenters. The van der Waals surface area contributed by atoms with Gasteiger partial charge < -0.3 is 34.9 Å². The van der Waals surface area contributed by atoms with Crippen LogP contribution < -0.4 is 5.32 Å². The van der Waals surface area contributed by atoms with Gasteiger partial charge in [-0.1, -0.05) is 51.8 Å². The number of likely N-dealkylation sites (N-methyl/N-ethyl adjacent to an activating group) is 1. The number of nitrogens with one attached hydrogen (secondary N) is 3. The van der Waals surface area contributed by atoms with E-state index in [1.54, 1.807) is 6.20 Å². The van der Waals surface area contributed by atoms with E-state index in [4.69, 9.17) is 14.7 Å². The molecule has 2 aliphatic heterocycles. The van der Waals surface area contributed by atoms with Crippen molar-refractivity contribution in [3.05, 3.63) is 71.7 Å². The first-order valence-electron chi connectivity index (χ1n) is 19.4. The summed E-state index contributed by atoms with van der Waals surface area (Å²) >= 11 is 0. The lowest BCUT2D eigenvalue weighted by molar-refractivity contribution is -0.140. The number of carbonyl (C=O) groups is 4. The Hall–Kier alpha value is -5.84. The molecule has 292 valence electrons. The van der Waals surface area contributed by atoms with Crippen LogP contribution in [0.25, 0.3) is 22.0 Å². The highest BCUT2D eigenvalue weighted by Gasteiger charge is 2.57. The van der Waals surface area contributed by atoms with Crippen LogP contribution in [0.2, 0.25) is 0 Å². The molecule has 0 spiro atoms. The fraction of sp³-hybridized carbons (Fsp3) is 0.476. The van der Waals surface area contributed by atoms with E-state index < -0.39 is 24.3 Å². The zero-order valence-corrected chi connectivity index (χ0v) is 32.4. The zero-order chi connectivity index (χ0) is 39.6. The summed E-state index contributed by atoms with van der Waals surface area (Å²) < 4.78 is 4.78. The number of alkyl carbamates (subject to hydrolysis) is 1. The molecule has 8 rings (SSSR count). The molecule has 4 heterocycles. The third-order valence-electron chi connectivity index (χ3n) is 12.0. The monoisotopic (exact) mass is 760 g/mol. The number of aromatic amines is 2. The maximum absolute atomic E-state index is 13.8. The number of carbonyl (C=O) groups excluding carboxylic acids is 3. The Labute approximate surface area is 325 Å². The van der Waals surface area contributed by atoms with Crippen molar-refractivity contribution in [2.45, 2.75) is 89.6 Å². The molecule has 4 fully saturated rings. The van der Waals surface area contributed by atoms with E-state index in [1.165, 1.54) is 14.2 Å². The van der Waals surface area contributed by atoms with Crippen molar-refractivity contribution in [3.63, 3.8) is 0 Å². The van der Waals surface area contributed by atoms with Crippen LogP contribution in [0.15, 0.2) is 48.8 Å². The van der Waals surface area contributed by atoms with Crippen LogP contribution in [0.4, 0.5) is 9.59 Å². The second kappa shape index (κ2) is 14.3. The number of nitrogens with zero attached hydrogens (tertiary/aromatic N) is 5. The number of imidazole rings is 2. The first-order valence-corrected chi connectivity index (χ1v) is 19.4. The number of hydrogen-bond acceptors (Lipinski definition) is 7. The van der Waals surface area contributed by atoms with Gasteiger partial charge in [0, 0.05) is 42.7 Å². The number of carboxylic acid groups (broad SMARTS) is 1. The molecule has 0 unspecified atom stereocenters. The Balaban J connectivity index is 0.956. The van der Waals surface area contributed by atoms with Gasteiger partial charge >= 0.3 is 12.2 Å². The third-order valence-corrected chi connectivity index (χ3v) is 12.0. The second-order valence-electron chi connectivity index (χ2n) is 16.4. The van der Waals surface area contributed by atoms with E-state index in [2.05, 4.69) is 33.2 Å². The van der Waals surface area contributed by atoms with E-state index in [9.17, 15) is 24.3 Å². The zero-order valence-electron chi connectivity index (χ0n) is 32.4. The van der Waals surface area contributed by atoms with E-state index in [0.29, 0.717) is 29.2 Å². The highest BCUT2D eigenvalue weighted by Crippen LogP contribution is 2.54. The van der Waals surface area contributed by atoms with Gasteiger partial charge in [-0.3, -0.25) is 14.5 Å². The number of hydrogen-bond donors (Lipinski definition) is 4. The molecular formula is C42H48N8O6. The minimum Gasteiger partial charge on any atom is -0.465 e. The summed E-state index contributed by atoms with van der Waals surface area (Å²) in [4.78, 5) is 72.6. The Bertz CT molecular complexity index is 2270. The smallest absolute Gasteiger partial charge is 0.407 e. The van der Waals surface area contributed by atoms with E-state index in [-0.39, 0.29) is 47.8 Å². The molecule has 2 saturated heterocycles. The normalized spacial score (nSPS) is 24.3. The number of likely N-dealkylation sites (tertiary alicyclic amines) is 2. The predicted molar refractivity (Wildman–Crippen MR) is 207 cm³/mol. The minimum atomic E-state index is -1.12. The number of piperidine rings is 2. The van der Waals surface area contributed by atoms with Crippen LogP contribution in [-0.4, -0.2) is 102 Å². The lowest BCUT2D eigenvalue weighted by Crippen LogP contribution is -2.52. The number of fused-ring (bicyclic) bond motifs is 3. The lowest BCUT2D eigenvalue weighted by atomic mass is 10.0. The molecule has 4 amide bonds. The third kappa shape index (κ3) is 6.84. The summed E-state index contributed by atoms with van der Waals surface area (Å²) in [6.45, 7) is 7.57. The van der Waals surface area contributed by atoms with Crippen LogP contribution >= 0.6 is 0 Å². The van der Waals surface area contributed by atoms with Crippen molar-refractivity contribution < 1.29 is 29.0 Å². The Morgan fingerprint density at radius 2 is 1.46 bits per heavy atom. The number of H-pyrrole nitrogens is 2. The highest BCUT2D eigenvalue weighted by molar-refractivity contribution is 5.89. The van der Waals surface area contributed by atoms with Crippen LogP contribution in [0.5, 0.6) is 0 Å². The Morgan fingerprint density at radius 1 is 0.839 bits per heavy atom. The van der Waals surface area contributed by atoms with Gasteiger partial charge in [0.05, 0.1) is 24.9 Å². The van der Waals surface area contributed by atoms with E-state index in [1.807, 2.05) is 74.0 Å². The van der Waals surface area contributed by atoms with Gasteiger partial charge in [0.25, 0.3) is 0 Å². The molecule has 4 aromatic rings. The van der Waals surface area contributed by atoms with Crippen molar-refractivity contribution in [1.82, 2.24) is 40.0 Å². The number of rotatable bonds is 9. The van der Waals surface area contributed by atoms with E-state index in [0.717, 1.165) is 58.2 Å². The van der Waals surface area contributed by atoms with E-state index >= 15 is 0 Å². The molecule has 2 aromatic heterocycles. The van der Waals surface area contributed by atoms with Crippen molar-refractivity contribution in [1.29, 1.82) is 0 Å². The highest BCUT2D eigenvalue weighted by atomic mass is 16.5. The first-order chi connectivity index (χ1) is 26.8. The lowest BCUT2D eigenvalue weighted by Gasteiger charge is -2.35. The van der Waals surface area contributed by atoms with Gasteiger partial charge in [0.1, 0.15) is 29.4 Å². The van der Waals surface area contributed by atoms with Crippen molar-refractivity contribution >= 4 is 34.8 Å². The largest absolute Gasteiger partial charge is 0.465 e. The summed E-state index contributed by atoms with van der Waals surface area (Å²) in [5.74, 6) is 8.10. The average molecular weight is 761 g/mol. The van der Waals surface area contributed by atoms with Crippen molar-refractivity contribution in [3.8, 4) is 23.1 Å². The average Bonchev–Trinajstić information content (AvgIpc) is 3.77. The minimum absolute atomic E-state index is 0.110. The molecule has 14 nitrogen and oxygen atoms in total. The number of ether oxygens (including phenoxy) is 1. The van der Waals surface area contributed by atoms with Gasteiger partial charge in [-0.2, -0.15) is 0 Å². The molecule has 4 aliphatic rings. The molecule has 0 radical (unpaired) electrons. The second-order valence-corrected chi connectivity index (χ2v) is 16.4. The molecule has 2 saturated carbocycles. The van der Waals surface area contributed by atoms with Gasteiger partial charge in [0.2, 0.25) is 11.8 Å². The number of benzene rings is 2. The maximum atomic E-state index is 13.8. The Kier molecular flexibility index (Phi) is 9.50. The molecular weight excluding hydrogens is 713 g/mol. The topological polar surface area (TPSA) is 177 Å². The molecule has 14 heteroatoms. The van der Waals surface area contributed by atoms with Gasteiger partial charge in [-0.25, -0.2) is 19.6 Å². The van der Waals surface area contributed by atoms with Gasteiger partial charge in [0.15, 0.2) is 0 Å². The molecule has 4 N–H and O–H groups in total. The molecule has 0 bridgehead atoms. The van der Waals surface area contributed by atoms with Crippen molar-refractivity contribution in [2.24, 2.45) is 23.7 Å². The number of aromatic nitrogens is 4. The predicted octanol–water partition coefficient (Wildman–Crippen LogP) is 5.69. The number of amides is 4. The fourth-order valence-electron chi connectivity index (χ4n) is 8.91. The van der Waals surface area contributed by atoms with Gasteiger partial charge in [-0.05, 0) is 84.2 Å². The van der Waals surface area contributed by atoms with Crippen LogP contribution in [0.1, 0.15) is 88.4 Å². The number of methoxy groups -OCH3 is 1. The van der Waals surface area contributed by atoms with Crippen molar-refractivity contribution in [2.75, 3.05) is 14.2 Å². The Morgan fingerprint density at radius 3 is 2.11 bits per heavy atom. The maximum Gasteiger partial charge on any atom is 0.407 e. The standard InChI is InChI=1S/C42H48N8O6/c1-21(2)35(47-41(53)56-6)39(51)49-31-15-27(31)17-33(49)37-43-19-29(45-37)12-8-23-7-9-25-14-26(11-10-24(25)13-23)30-20-44-38(46-30)34-18-28-16-32(28)50(34)40(52)36(22(3)4)48(5)42(54)55/h7,9-11,13-14,19-22,27-28,31-36H,15-18H2,1-6H3,(H,43,45)(H,44,46)(H,47,53)(H,54,55)/t27-,28-,31-,32-,33+,34+,35+,36+/m1/s1. The van der Waals surface area contributed by atoms with Crippen LogP contribution in [0, 0.1) is 35.5 Å². The summed E-state index contributed by atoms with van der Waals surface area (Å²) in [6, 6.07) is 10.6. The SMILES string of the molecule is COC(=O)N[C@H](C(=O)N1[C@@H]2C[C@@H]2C[C@H]1c1nc(C#Cc2ccc3cc(-c4c[nH]c([C@@H]5C[C@H]6C[C@H]6N5C(=O)[C@H](C(C)C)N(C)C(=O)O)n4)ccc3c2)c[nH]1)C(C)C. The summed E-state index contributed by atoms with van der Waals surface area (Å²) in [6.07, 6.45) is 5.43. The molecule has 56 heavy (non-hydrogen) atoms. The quantitative estimate of drug-likeness (QED) is 0.157. The summed E-state index contributed by atoms with van der Waals surface area (Å²) in [7, 11) is 2.75. The van der Waals surface area contributed by atoms with Crippen LogP contribution in [-0.2, 0) is 14.3 Å². The summed E-state index contributed by atoms with van der Waals surface area (Å²) in [5.41, 5.74) is 3.13.